The summed E-state index contributed by atoms with van der Waals surface area (Å²) < 4.78 is 5.64. The largest absolute Gasteiger partial charge is 0.454 e. The molecule has 0 spiro atoms. The molecule has 0 radical (unpaired) electrons. The Labute approximate surface area is 200 Å². The first-order chi connectivity index (χ1) is 16.6. The summed E-state index contributed by atoms with van der Waals surface area (Å²) in [4.78, 5) is 42.7. The molecule has 2 amide bonds. The van der Waals surface area contributed by atoms with E-state index in [4.69, 9.17) is 4.74 Å². The number of nitrogens with zero attached hydrogens (tertiary/aromatic N) is 2. The Balaban J connectivity index is 1.24. The lowest BCUT2D eigenvalue weighted by Gasteiger charge is -2.34. The van der Waals surface area contributed by atoms with E-state index in [0.717, 1.165) is 37.1 Å². The molecule has 34 heavy (non-hydrogen) atoms. The molecular formula is C28H32N2O4. The molecule has 0 N–H and O–H groups in total. The van der Waals surface area contributed by atoms with Gasteiger partial charge in [-0.05, 0) is 55.0 Å². The molecule has 2 saturated heterocycles. The highest BCUT2D eigenvalue weighted by molar-refractivity contribution is 5.98. The van der Waals surface area contributed by atoms with Crippen molar-refractivity contribution in [3.63, 3.8) is 0 Å². The van der Waals surface area contributed by atoms with E-state index in [9.17, 15) is 14.4 Å². The molecule has 2 fully saturated rings. The van der Waals surface area contributed by atoms with Crippen LogP contribution < -0.4 is 0 Å². The molecule has 178 valence electrons. The first-order valence-electron chi connectivity index (χ1n) is 12.6. The van der Waals surface area contributed by atoms with Gasteiger partial charge in [0, 0.05) is 44.1 Å². The SMILES string of the molecule is O=C1OC(c2ccccc2)Cc2cc(C(=O)N3CCC(C(=O)N4CCCCCC4)CC3)ccc21. The molecule has 0 aromatic heterocycles. The summed E-state index contributed by atoms with van der Waals surface area (Å²) in [5.74, 6) is -0.0825. The van der Waals surface area contributed by atoms with Gasteiger partial charge in [0.25, 0.3) is 5.91 Å². The van der Waals surface area contributed by atoms with E-state index in [1.807, 2.05) is 46.2 Å². The van der Waals surface area contributed by atoms with Gasteiger partial charge >= 0.3 is 5.97 Å². The van der Waals surface area contributed by atoms with Gasteiger partial charge in [-0.15, -0.1) is 0 Å². The minimum absolute atomic E-state index is 0.0204. The van der Waals surface area contributed by atoms with Crippen molar-refractivity contribution in [1.82, 2.24) is 9.80 Å². The number of hydrogen-bond acceptors (Lipinski definition) is 4. The number of rotatable bonds is 3. The van der Waals surface area contributed by atoms with Crippen molar-refractivity contribution in [3.8, 4) is 0 Å². The van der Waals surface area contributed by atoms with Crippen LogP contribution in [0.2, 0.25) is 0 Å². The maximum Gasteiger partial charge on any atom is 0.339 e. The molecule has 2 aromatic rings. The fraction of sp³-hybridized carbons (Fsp3) is 0.464. The second kappa shape index (κ2) is 10.00. The van der Waals surface area contributed by atoms with Crippen molar-refractivity contribution in [1.29, 1.82) is 0 Å². The maximum atomic E-state index is 13.3. The fourth-order valence-corrected chi connectivity index (χ4v) is 5.44. The standard InChI is InChI=1S/C28H32N2O4/c31-26(29-14-6-1-2-7-15-29)21-12-16-30(17-13-21)27(32)22-10-11-24-23(18-22)19-25(34-28(24)33)20-8-4-3-5-9-20/h3-5,8-11,18,21,25H,1-2,6-7,12-17,19H2. The van der Waals surface area contributed by atoms with Gasteiger partial charge in [-0.25, -0.2) is 4.79 Å². The molecule has 3 heterocycles. The van der Waals surface area contributed by atoms with Gasteiger partial charge in [0.2, 0.25) is 5.91 Å². The molecular weight excluding hydrogens is 428 g/mol. The normalized spacial score (nSPS) is 21.4. The summed E-state index contributed by atoms with van der Waals surface area (Å²) in [5.41, 5.74) is 2.93. The molecule has 6 nitrogen and oxygen atoms in total. The zero-order chi connectivity index (χ0) is 23.5. The summed E-state index contributed by atoms with van der Waals surface area (Å²) in [6.07, 6.45) is 6.26. The topological polar surface area (TPSA) is 66.9 Å². The minimum atomic E-state index is -0.345. The van der Waals surface area contributed by atoms with Crippen molar-refractivity contribution >= 4 is 17.8 Å². The maximum absolute atomic E-state index is 13.3. The number of hydrogen-bond donors (Lipinski definition) is 0. The molecule has 2 aromatic carbocycles. The Hall–Kier alpha value is -3.15. The summed E-state index contributed by atoms with van der Waals surface area (Å²) >= 11 is 0. The number of amides is 2. The second-order valence-corrected chi connectivity index (χ2v) is 9.69. The number of cyclic esters (lactones) is 1. The molecule has 5 rings (SSSR count). The van der Waals surface area contributed by atoms with Crippen LogP contribution in [0.15, 0.2) is 48.5 Å². The Morgan fingerprint density at radius 3 is 2.24 bits per heavy atom. The monoisotopic (exact) mass is 460 g/mol. The summed E-state index contributed by atoms with van der Waals surface area (Å²) in [6, 6.07) is 15.0. The number of carbonyl (C=O) groups excluding carboxylic acids is 3. The molecule has 0 saturated carbocycles. The van der Waals surface area contributed by atoms with Gasteiger partial charge in [-0.1, -0.05) is 43.2 Å². The molecule has 6 heteroatoms. The van der Waals surface area contributed by atoms with Crippen molar-refractivity contribution in [2.24, 2.45) is 5.92 Å². The van der Waals surface area contributed by atoms with Crippen molar-refractivity contribution in [2.75, 3.05) is 26.2 Å². The molecule has 1 unspecified atom stereocenters. The number of ether oxygens (including phenoxy) is 1. The van der Waals surface area contributed by atoms with Gasteiger partial charge in [-0.2, -0.15) is 0 Å². The smallest absolute Gasteiger partial charge is 0.339 e. The third-order valence-corrected chi connectivity index (χ3v) is 7.45. The van der Waals surface area contributed by atoms with Crippen LogP contribution in [-0.2, 0) is 16.0 Å². The first kappa shape index (κ1) is 22.6. The quantitative estimate of drug-likeness (QED) is 0.637. The van der Waals surface area contributed by atoms with E-state index in [2.05, 4.69) is 0 Å². The van der Waals surface area contributed by atoms with Gasteiger partial charge in [0.05, 0.1) is 5.56 Å². The fourth-order valence-electron chi connectivity index (χ4n) is 5.44. The van der Waals surface area contributed by atoms with E-state index in [0.29, 0.717) is 43.5 Å². The highest BCUT2D eigenvalue weighted by Gasteiger charge is 2.32. The Morgan fingerprint density at radius 2 is 1.53 bits per heavy atom. The number of carbonyl (C=O) groups is 3. The van der Waals surface area contributed by atoms with Crippen LogP contribution in [0, 0.1) is 5.92 Å². The van der Waals surface area contributed by atoms with Gasteiger partial charge in [0.1, 0.15) is 6.10 Å². The molecule has 0 aliphatic carbocycles. The average molecular weight is 461 g/mol. The number of esters is 1. The van der Waals surface area contributed by atoms with Crippen molar-refractivity contribution in [2.45, 2.75) is 51.0 Å². The van der Waals surface area contributed by atoms with Crippen LogP contribution in [-0.4, -0.2) is 53.8 Å². The lowest BCUT2D eigenvalue weighted by Crippen LogP contribution is -2.44. The van der Waals surface area contributed by atoms with E-state index < -0.39 is 0 Å². The van der Waals surface area contributed by atoms with E-state index in [1.165, 1.54) is 12.8 Å². The van der Waals surface area contributed by atoms with Crippen molar-refractivity contribution < 1.29 is 19.1 Å². The summed E-state index contributed by atoms with van der Waals surface area (Å²) in [6.45, 7) is 2.93. The predicted molar refractivity (Wildman–Crippen MR) is 128 cm³/mol. The van der Waals surface area contributed by atoms with Crippen LogP contribution in [0.1, 0.15) is 76.5 Å². The number of fused-ring (bicyclic) bond motifs is 1. The lowest BCUT2D eigenvalue weighted by atomic mass is 9.92. The summed E-state index contributed by atoms with van der Waals surface area (Å²) in [5, 5.41) is 0. The van der Waals surface area contributed by atoms with Crippen LogP contribution in [0.4, 0.5) is 0 Å². The van der Waals surface area contributed by atoms with Gasteiger partial charge < -0.3 is 14.5 Å². The zero-order valence-electron chi connectivity index (χ0n) is 19.6. The van der Waals surface area contributed by atoms with Crippen LogP contribution in [0.25, 0.3) is 0 Å². The van der Waals surface area contributed by atoms with Crippen LogP contribution in [0.5, 0.6) is 0 Å². The first-order valence-corrected chi connectivity index (χ1v) is 12.6. The molecule has 3 aliphatic heterocycles. The van der Waals surface area contributed by atoms with E-state index >= 15 is 0 Å². The average Bonchev–Trinajstić information content (AvgIpc) is 3.18. The number of likely N-dealkylation sites (tertiary alicyclic amines) is 2. The Kier molecular flexibility index (Phi) is 6.66. The molecule has 1 atom stereocenters. The van der Waals surface area contributed by atoms with Gasteiger partial charge in [-0.3, -0.25) is 9.59 Å². The summed E-state index contributed by atoms with van der Waals surface area (Å²) in [7, 11) is 0. The third kappa shape index (κ3) is 4.72. The highest BCUT2D eigenvalue weighted by atomic mass is 16.5. The molecule has 0 bridgehead atoms. The molecule has 3 aliphatic rings. The van der Waals surface area contributed by atoms with E-state index in [-0.39, 0.29) is 29.8 Å². The number of piperidine rings is 1. The van der Waals surface area contributed by atoms with E-state index in [1.54, 1.807) is 12.1 Å². The van der Waals surface area contributed by atoms with Crippen LogP contribution in [0.3, 0.4) is 0 Å². The highest BCUT2D eigenvalue weighted by Crippen LogP contribution is 2.31. The Bertz CT molecular complexity index is 1050. The lowest BCUT2D eigenvalue weighted by molar-refractivity contribution is -0.136. The van der Waals surface area contributed by atoms with Crippen LogP contribution >= 0.6 is 0 Å². The number of benzene rings is 2. The minimum Gasteiger partial charge on any atom is -0.454 e. The predicted octanol–water partition coefficient (Wildman–Crippen LogP) is 4.40. The Morgan fingerprint density at radius 1 is 0.824 bits per heavy atom. The van der Waals surface area contributed by atoms with Crippen molar-refractivity contribution in [3.05, 3.63) is 70.8 Å². The van der Waals surface area contributed by atoms with Gasteiger partial charge in [0.15, 0.2) is 0 Å². The second-order valence-electron chi connectivity index (χ2n) is 9.69. The zero-order valence-corrected chi connectivity index (χ0v) is 19.6. The third-order valence-electron chi connectivity index (χ3n) is 7.45.